The van der Waals surface area contributed by atoms with Crippen molar-refractivity contribution in [2.45, 2.75) is 19.2 Å². The van der Waals surface area contributed by atoms with Crippen LogP contribution in [0.5, 0.6) is 5.88 Å². The smallest absolute Gasteiger partial charge is 0.425 e. The van der Waals surface area contributed by atoms with Crippen molar-refractivity contribution in [1.29, 1.82) is 0 Å². The molecule has 0 saturated heterocycles. The number of rotatable bonds is 3. The lowest BCUT2D eigenvalue weighted by molar-refractivity contribution is -0.190. The van der Waals surface area contributed by atoms with Gasteiger partial charge in [0.2, 0.25) is 0 Å². The Bertz CT molecular complexity index is 844. The summed E-state index contributed by atoms with van der Waals surface area (Å²) in [6.45, 7) is 0.794. The molecule has 0 bridgehead atoms. The van der Waals surface area contributed by atoms with Crippen LogP contribution in [0.3, 0.4) is 0 Å². The highest BCUT2D eigenvalue weighted by molar-refractivity contribution is 5.68. The first-order valence-electron chi connectivity index (χ1n) is 6.67. The number of nitrogens with zero attached hydrogens (tertiary/aromatic N) is 3. The van der Waals surface area contributed by atoms with Gasteiger partial charge in [0.05, 0.1) is 5.52 Å². The highest BCUT2D eigenvalue weighted by atomic mass is 19.4. The molecule has 0 aliphatic heterocycles. The number of ether oxygens (including phenoxy) is 1. The second-order valence-electron chi connectivity index (χ2n) is 4.93. The van der Waals surface area contributed by atoms with Crippen LogP contribution in [0.2, 0.25) is 0 Å². The topological polar surface area (TPSA) is 39.4 Å². The summed E-state index contributed by atoms with van der Waals surface area (Å²) in [6, 6.07) is 6.33. The molecule has 0 spiro atoms. The first kappa shape index (κ1) is 15.3. The summed E-state index contributed by atoms with van der Waals surface area (Å²) in [6.07, 6.45) is -2.14. The molecule has 0 N–H and O–H groups in total. The summed E-state index contributed by atoms with van der Waals surface area (Å²) >= 11 is 0. The van der Waals surface area contributed by atoms with Gasteiger partial charge >= 0.3 is 6.18 Å². The van der Waals surface area contributed by atoms with E-state index in [1.54, 1.807) is 35.1 Å². The van der Waals surface area contributed by atoms with E-state index in [1.165, 1.54) is 6.20 Å². The molecule has 0 unspecified atom stereocenters. The summed E-state index contributed by atoms with van der Waals surface area (Å²) in [4.78, 5) is 3.66. The second-order valence-corrected chi connectivity index (χ2v) is 4.93. The van der Waals surface area contributed by atoms with E-state index in [-0.39, 0.29) is 0 Å². The van der Waals surface area contributed by atoms with Crippen LogP contribution >= 0.6 is 0 Å². The van der Waals surface area contributed by atoms with Crippen molar-refractivity contribution in [1.82, 2.24) is 14.6 Å². The summed E-state index contributed by atoms with van der Waals surface area (Å²) in [5.74, 6) is -1.63. The van der Waals surface area contributed by atoms with Gasteiger partial charge in [-0.05, 0) is 36.8 Å². The zero-order chi connectivity index (χ0) is 16.6. The molecule has 3 rings (SSSR count). The van der Waals surface area contributed by atoms with Crippen LogP contribution in [0.1, 0.15) is 6.92 Å². The van der Waals surface area contributed by atoms with Crippen molar-refractivity contribution in [2.24, 2.45) is 0 Å². The quantitative estimate of drug-likeness (QED) is 0.686. The summed E-state index contributed by atoms with van der Waals surface area (Å²) in [5, 5.41) is 4.04. The highest BCUT2D eigenvalue weighted by Crippen LogP contribution is 2.28. The molecule has 0 amide bonds. The molecule has 3 aromatic heterocycles. The minimum Gasteiger partial charge on any atom is -0.463 e. The Morgan fingerprint density at radius 1 is 1.17 bits per heavy atom. The van der Waals surface area contributed by atoms with Crippen LogP contribution in [0.4, 0.5) is 17.6 Å². The Labute approximate surface area is 128 Å². The molecule has 0 fully saturated rings. The number of alkyl halides is 3. The highest BCUT2D eigenvalue weighted by Gasteiger charge is 2.38. The molecule has 23 heavy (non-hydrogen) atoms. The van der Waals surface area contributed by atoms with Gasteiger partial charge in [-0.25, -0.2) is 13.9 Å². The lowest BCUT2D eigenvalue weighted by Gasteiger charge is -2.17. The monoisotopic (exact) mass is 325 g/mol. The van der Waals surface area contributed by atoms with Crippen molar-refractivity contribution in [3.05, 3.63) is 48.7 Å². The third-order valence-electron chi connectivity index (χ3n) is 3.29. The van der Waals surface area contributed by atoms with Crippen LogP contribution in [-0.4, -0.2) is 26.9 Å². The van der Waals surface area contributed by atoms with Crippen molar-refractivity contribution in [3.8, 4) is 17.0 Å². The average molecular weight is 325 g/mol. The van der Waals surface area contributed by atoms with Crippen LogP contribution in [0, 0.1) is 5.82 Å². The van der Waals surface area contributed by atoms with Crippen molar-refractivity contribution in [2.75, 3.05) is 0 Å². The normalized spacial score (nSPS) is 13.3. The first-order valence-corrected chi connectivity index (χ1v) is 6.67. The van der Waals surface area contributed by atoms with E-state index in [0.29, 0.717) is 11.1 Å². The van der Waals surface area contributed by atoms with E-state index in [0.717, 1.165) is 18.5 Å². The summed E-state index contributed by atoms with van der Waals surface area (Å²) < 4.78 is 57.5. The molecule has 8 heteroatoms. The molecule has 3 heterocycles. The maximum Gasteiger partial charge on any atom is 0.425 e. The third-order valence-corrected chi connectivity index (χ3v) is 3.29. The molecule has 1 atom stereocenters. The number of hydrogen-bond acceptors (Lipinski definition) is 3. The van der Waals surface area contributed by atoms with Crippen molar-refractivity contribution < 1.29 is 22.3 Å². The molecular weight excluding hydrogens is 314 g/mol. The number of fused-ring (bicyclic) bond motifs is 1. The predicted octanol–water partition coefficient (Wildman–Crippen LogP) is 3.87. The molecule has 3 aromatic rings. The maximum absolute atomic E-state index is 14.0. The molecule has 0 radical (unpaired) electrons. The lowest BCUT2D eigenvalue weighted by atomic mass is 10.1. The Balaban J connectivity index is 1.89. The van der Waals surface area contributed by atoms with E-state index >= 15 is 0 Å². The van der Waals surface area contributed by atoms with Crippen LogP contribution in [-0.2, 0) is 0 Å². The Kier molecular flexibility index (Phi) is 3.67. The molecule has 120 valence electrons. The molecule has 4 nitrogen and oxygen atoms in total. The van der Waals surface area contributed by atoms with Gasteiger partial charge in [0, 0.05) is 24.2 Å². The molecule has 0 aliphatic rings. The first-order chi connectivity index (χ1) is 10.8. The summed E-state index contributed by atoms with van der Waals surface area (Å²) in [5.41, 5.74) is 1.90. The second kappa shape index (κ2) is 5.53. The number of hydrogen-bond donors (Lipinski definition) is 0. The minimum atomic E-state index is -4.58. The maximum atomic E-state index is 14.0. The molecular formula is C15H11F4N3O. The SMILES string of the molecule is C[C@H](Oc1ncc(-c2ccn3nccc3c2)cc1F)C(F)(F)F. The van der Waals surface area contributed by atoms with Gasteiger partial charge in [-0.15, -0.1) is 0 Å². The van der Waals surface area contributed by atoms with Gasteiger partial charge in [-0.3, -0.25) is 0 Å². The molecule has 0 saturated carbocycles. The third kappa shape index (κ3) is 3.10. The average Bonchev–Trinajstić information content (AvgIpc) is 2.95. The van der Waals surface area contributed by atoms with Crippen LogP contribution in [0.15, 0.2) is 42.9 Å². The Hall–Kier alpha value is -2.64. The van der Waals surface area contributed by atoms with E-state index in [1.807, 2.05) is 0 Å². The Morgan fingerprint density at radius 3 is 2.65 bits per heavy atom. The fraction of sp³-hybridized carbons (Fsp3) is 0.200. The summed E-state index contributed by atoms with van der Waals surface area (Å²) in [7, 11) is 0. The Morgan fingerprint density at radius 2 is 1.96 bits per heavy atom. The number of aromatic nitrogens is 3. The standard InChI is InChI=1S/C15H11F4N3O/c1-9(15(17,18)19)23-14-13(16)7-11(8-20-14)10-3-5-22-12(6-10)2-4-21-22/h2-9H,1H3/t9-/m0/s1. The van der Waals surface area contributed by atoms with E-state index < -0.39 is 24.0 Å². The van der Waals surface area contributed by atoms with E-state index in [2.05, 4.69) is 14.8 Å². The van der Waals surface area contributed by atoms with Gasteiger partial charge in [0.25, 0.3) is 5.88 Å². The predicted molar refractivity (Wildman–Crippen MR) is 74.5 cm³/mol. The van der Waals surface area contributed by atoms with Crippen LogP contribution in [0.25, 0.3) is 16.6 Å². The van der Waals surface area contributed by atoms with Gasteiger partial charge < -0.3 is 4.74 Å². The molecule has 0 aliphatic carbocycles. The lowest BCUT2D eigenvalue weighted by Crippen LogP contribution is -2.31. The molecule has 0 aromatic carbocycles. The zero-order valence-electron chi connectivity index (χ0n) is 11.9. The minimum absolute atomic E-state index is 0.429. The van der Waals surface area contributed by atoms with Gasteiger partial charge in [0.15, 0.2) is 11.9 Å². The fourth-order valence-corrected chi connectivity index (χ4v) is 2.01. The largest absolute Gasteiger partial charge is 0.463 e. The van der Waals surface area contributed by atoms with Gasteiger partial charge in [-0.1, -0.05) is 0 Å². The zero-order valence-corrected chi connectivity index (χ0v) is 11.9. The van der Waals surface area contributed by atoms with Crippen LogP contribution < -0.4 is 4.74 Å². The van der Waals surface area contributed by atoms with E-state index in [9.17, 15) is 17.6 Å². The van der Waals surface area contributed by atoms with Crippen molar-refractivity contribution in [3.63, 3.8) is 0 Å². The van der Waals surface area contributed by atoms with Crippen molar-refractivity contribution >= 4 is 5.52 Å². The van der Waals surface area contributed by atoms with E-state index in [4.69, 9.17) is 0 Å². The fourth-order valence-electron chi connectivity index (χ4n) is 2.01. The number of halogens is 4. The van der Waals surface area contributed by atoms with Gasteiger partial charge in [-0.2, -0.15) is 18.3 Å². The van der Waals surface area contributed by atoms with Gasteiger partial charge in [0.1, 0.15) is 0 Å². The number of pyridine rings is 2.